The van der Waals surface area contributed by atoms with Gasteiger partial charge >= 0.3 is 0 Å². The lowest BCUT2D eigenvalue weighted by atomic mass is 9.72. The average molecular weight is 161 g/mol. The maximum Gasteiger partial charge on any atom is 0.0409 e. The predicted octanol–water partition coefficient (Wildman–Crippen LogP) is 2.33. The smallest absolute Gasteiger partial charge is 0.0409 e. The Hall–Kier alpha value is -0.820. The Morgan fingerprint density at radius 3 is 2.58 bits per heavy atom. The highest BCUT2D eigenvalue weighted by molar-refractivity contribution is 5.30. The van der Waals surface area contributed by atoms with Crippen molar-refractivity contribution in [1.82, 2.24) is 0 Å². The van der Waals surface area contributed by atoms with Crippen molar-refractivity contribution in [3.8, 4) is 0 Å². The maximum absolute atomic E-state index is 6.19. The normalized spacial score (nSPS) is 20.2. The van der Waals surface area contributed by atoms with E-state index in [1.165, 1.54) is 17.5 Å². The maximum atomic E-state index is 6.19. The highest BCUT2D eigenvalue weighted by Gasteiger charge is 2.33. The summed E-state index contributed by atoms with van der Waals surface area (Å²) in [5, 5.41) is 0. The van der Waals surface area contributed by atoms with E-state index in [1.54, 1.807) is 0 Å². The Kier molecular flexibility index (Phi) is 1.69. The van der Waals surface area contributed by atoms with E-state index in [2.05, 4.69) is 31.2 Å². The van der Waals surface area contributed by atoms with Gasteiger partial charge < -0.3 is 5.73 Å². The molecule has 12 heavy (non-hydrogen) atoms. The molecule has 2 N–H and O–H groups in total. The van der Waals surface area contributed by atoms with Crippen LogP contribution in [0.5, 0.6) is 0 Å². The van der Waals surface area contributed by atoms with Crippen LogP contribution in [0.25, 0.3) is 0 Å². The molecule has 0 amide bonds. The molecule has 1 aliphatic carbocycles. The molecule has 1 fully saturated rings. The van der Waals surface area contributed by atoms with Gasteiger partial charge in [0, 0.05) is 5.54 Å². The van der Waals surface area contributed by atoms with Gasteiger partial charge in [0.2, 0.25) is 0 Å². The molecule has 2 rings (SSSR count). The second-order valence-corrected chi connectivity index (χ2v) is 3.88. The largest absolute Gasteiger partial charge is 0.321 e. The Bertz CT molecular complexity index is 287. The lowest BCUT2D eigenvalue weighted by Gasteiger charge is -2.38. The molecule has 1 saturated carbocycles. The van der Waals surface area contributed by atoms with Crippen LogP contribution in [0.3, 0.4) is 0 Å². The summed E-state index contributed by atoms with van der Waals surface area (Å²) in [5.41, 5.74) is 8.82. The van der Waals surface area contributed by atoms with Gasteiger partial charge in [-0.25, -0.2) is 0 Å². The molecule has 0 atom stereocenters. The molecule has 0 bridgehead atoms. The molecule has 1 heteroatoms. The van der Waals surface area contributed by atoms with E-state index >= 15 is 0 Å². The number of rotatable bonds is 1. The van der Waals surface area contributed by atoms with Gasteiger partial charge in [-0.1, -0.05) is 29.8 Å². The summed E-state index contributed by atoms with van der Waals surface area (Å²) in [6.45, 7) is 2.12. The van der Waals surface area contributed by atoms with Crippen LogP contribution in [0.1, 0.15) is 30.4 Å². The quantitative estimate of drug-likeness (QED) is 0.672. The molecule has 1 aromatic carbocycles. The third-order valence-electron chi connectivity index (χ3n) is 2.84. The van der Waals surface area contributed by atoms with Crippen molar-refractivity contribution in [3.63, 3.8) is 0 Å². The molecule has 64 valence electrons. The van der Waals surface area contributed by atoms with Crippen LogP contribution in [-0.2, 0) is 5.54 Å². The molecule has 0 aliphatic heterocycles. The van der Waals surface area contributed by atoms with E-state index in [9.17, 15) is 0 Å². The SMILES string of the molecule is Cc1cccc(C2(N)CCC2)c1. The second-order valence-electron chi connectivity index (χ2n) is 3.88. The Balaban J connectivity index is 2.33. The number of benzene rings is 1. The number of hydrogen-bond donors (Lipinski definition) is 1. The van der Waals surface area contributed by atoms with Crippen molar-refractivity contribution in [3.05, 3.63) is 35.4 Å². The number of nitrogens with two attached hydrogens (primary N) is 1. The molecule has 0 unspecified atom stereocenters. The Morgan fingerprint density at radius 1 is 1.33 bits per heavy atom. The predicted molar refractivity (Wildman–Crippen MR) is 50.9 cm³/mol. The monoisotopic (exact) mass is 161 g/mol. The van der Waals surface area contributed by atoms with Gasteiger partial charge in [0.25, 0.3) is 0 Å². The van der Waals surface area contributed by atoms with Gasteiger partial charge in [0.15, 0.2) is 0 Å². The number of aryl methyl sites for hydroxylation is 1. The van der Waals surface area contributed by atoms with E-state index in [0.29, 0.717) is 0 Å². The van der Waals surface area contributed by atoms with Crippen molar-refractivity contribution in [2.45, 2.75) is 31.7 Å². The first kappa shape index (κ1) is 7.81. The van der Waals surface area contributed by atoms with Crippen LogP contribution >= 0.6 is 0 Å². The van der Waals surface area contributed by atoms with Gasteiger partial charge in [-0.3, -0.25) is 0 Å². The zero-order valence-electron chi connectivity index (χ0n) is 7.51. The first-order valence-electron chi connectivity index (χ1n) is 4.57. The molecular formula is C11H15N. The minimum atomic E-state index is 0.00597. The average Bonchev–Trinajstić information content (AvgIpc) is 2.00. The zero-order valence-corrected chi connectivity index (χ0v) is 7.51. The van der Waals surface area contributed by atoms with Gasteiger partial charge in [0.1, 0.15) is 0 Å². The lowest BCUT2D eigenvalue weighted by Crippen LogP contribution is -2.43. The first-order chi connectivity index (χ1) is 5.71. The standard InChI is InChI=1S/C11H15N/c1-9-4-2-5-10(8-9)11(12)6-3-7-11/h2,4-5,8H,3,6-7,12H2,1H3. The van der Waals surface area contributed by atoms with Crippen LogP contribution in [0.15, 0.2) is 24.3 Å². The van der Waals surface area contributed by atoms with E-state index < -0.39 is 0 Å². The molecule has 1 nitrogen and oxygen atoms in total. The molecule has 0 heterocycles. The summed E-state index contributed by atoms with van der Waals surface area (Å²) >= 11 is 0. The van der Waals surface area contributed by atoms with Crippen molar-refractivity contribution in [2.75, 3.05) is 0 Å². The topological polar surface area (TPSA) is 26.0 Å². The third-order valence-corrected chi connectivity index (χ3v) is 2.84. The van der Waals surface area contributed by atoms with Crippen LogP contribution in [0, 0.1) is 6.92 Å². The summed E-state index contributed by atoms with van der Waals surface area (Å²) < 4.78 is 0. The molecule has 1 aromatic rings. The highest BCUT2D eigenvalue weighted by Crippen LogP contribution is 2.38. The molecule has 1 aliphatic rings. The van der Waals surface area contributed by atoms with Crippen molar-refractivity contribution in [1.29, 1.82) is 0 Å². The van der Waals surface area contributed by atoms with Crippen molar-refractivity contribution < 1.29 is 0 Å². The highest BCUT2D eigenvalue weighted by atomic mass is 14.8. The second kappa shape index (κ2) is 2.60. The van der Waals surface area contributed by atoms with E-state index in [1.807, 2.05) is 0 Å². The summed E-state index contributed by atoms with van der Waals surface area (Å²) in [6.07, 6.45) is 3.58. The minimum Gasteiger partial charge on any atom is -0.321 e. The zero-order chi connectivity index (χ0) is 8.60. The summed E-state index contributed by atoms with van der Waals surface area (Å²) in [5.74, 6) is 0. The van der Waals surface area contributed by atoms with Gasteiger partial charge in [-0.2, -0.15) is 0 Å². The Labute approximate surface area is 73.6 Å². The fraction of sp³-hybridized carbons (Fsp3) is 0.455. The Morgan fingerprint density at radius 2 is 2.08 bits per heavy atom. The lowest BCUT2D eigenvalue weighted by molar-refractivity contribution is 0.253. The first-order valence-corrected chi connectivity index (χ1v) is 4.57. The third kappa shape index (κ3) is 1.14. The summed E-state index contributed by atoms with van der Waals surface area (Å²) in [7, 11) is 0. The van der Waals surface area contributed by atoms with Gasteiger partial charge in [-0.05, 0) is 31.7 Å². The minimum absolute atomic E-state index is 0.00597. The van der Waals surface area contributed by atoms with E-state index in [-0.39, 0.29) is 5.54 Å². The van der Waals surface area contributed by atoms with Crippen LogP contribution in [-0.4, -0.2) is 0 Å². The fourth-order valence-corrected chi connectivity index (χ4v) is 1.80. The van der Waals surface area contributed by atoms with Gasteiger partial charge in [0.05, 0.1) is 0 Å². The summed E-state index contributed by atoms with van der Waals surface area (Å²) in [4.78, 5) is 0. The van der Waals surface area contributed by atoms with E-state index in [4.69, 9.17) is 5.73 Å². The molecular weight excluding hydrogens is 146 g/mol. The molecule has 0 radical (unpaired) electrons. The molecule has 0 spiro atoms. The van der Waals surface area contributed by atoms with Crippen LogP contribution < -0.4 is 5.73 Å². The molecule has 0 saturated heterocycles. The number of hydrogen-bond acceptors (Lipinski definition) is 1. The van der Waals surface area contributed by atoms with Crippen LogP contribution in [0.4, 0.5) is 0 Å². The van der Waals surface area contributed by atoms with Gasteiger partial charge in [-0.15, -0.1) is 0 Å². The fourth-order valence-electron chi connectivity index (χ4n) is 1.80. The van der Waals surface area contributed by atoms with Crippen molar-refractivity contribution in [2.24, 2.45) is 5.73 Å². The van der Waals surface area contributed by atoms with Crippen molar-refractivity contribution >= 4 is 0 Å². The van der Waals surface area contributed by atoms with E-state index in [0.717, 1.165) is 12.8 Å². The molecule has 0 aromatic heterocycles. The summed E-state index contributed by atoms with van der Waals surface area (Å²) in [6, 6.07) is 8.56. The van der Waals surface area contributed by atoms with Crippen LogP contribution in [0.2, 0.25) is 0 Å².